The molecule has 12 heteroatoms. The molecule has 0 aliphatic carbocycles. The monoisotopic (exact) mass is 564 g/mol. The minimum atomic E-state index is -1.31. The van der Waals surface area contributed by atoms with Crippen LogP contribution in [-0.4, -0.2) is 54.4 Å². The van der Waals surface area contributed by atoms with E-state index in [1.54, 1.807) is 0 Å². The van der Waals surface area contributed by atoms with Crippen LogP contribution in [0.25, 0.3) is 0 Å². The van der Waals surface area contributed by atoms with E-state index in [0.29, 0.717) is 11.3 Å². The number of ether oxygens (including phenoxy) is 1. The molecule has 2 aromatic carbocycles. The number of halogens is 1. The first-order valence-corrected chi connectivity index (χ1v) is 14.7. The molecule has 4 rings (SSSR count). The zero-order valence-corrected chi connectivity index (χ0v) is 22.9. The number of carbonyl (C=O) groups excluding carboxylic acids is 3. The summed E-state index contributed by atoms with van der Waals surface area (Å²) >= 11 is 1.42. The maximum Gasteiger partial charge on any atom is 0.330 e. The standard InChI is InChI=1S/C25H26ClN3O6S2/c1-4-37(26)25(27-19(30)14-16-8-6-5-7-9-16)22(32)28-20(24(2,3)36-23(25)28)21(31)35-15-17-10-12-18(13-11-17)29(33)34/h5-13,20,23H,4,14-15H2,1-3H3/p+1/t20-,23+,25-,37?/m0/s1. The minimum absolute atomic E-state index is 0.0598. The first-order chi connectivity index (χ1) is 17.5. The molecule has 0 bridgehead atoms. The van der Waals surface area contributed by atoms with Crippen molar-refractivity contribution in [2.45, 2.75) is 54.8 Å². The summed E-state index contributed by atoms with van der Waals surface area (Å²) in [6.07, 6.45) is 0.106. The maximum atomic E-state index is 13.7. The molecule has 2 aliphatic rings. The van der Waals surface area contributed by atoms with Crippen LogP contribution >= 0.6 is 22.4 Å². The summed E-state index contributed by atoms with van der Waals surface area (Å²) in [6, 6.07) is 14.1. The van der Waals surface area contributed by atoms with Crippen LogP contribution in [0.1, 0.15) is 31.9 Å². The van der Waals surface area contributed by atoms with Crippen LogP contribution in [0.5, 0.6) is 0 Å². The Labute approximate surface area is 226 Å². The lowest BCUT2D eigenvalue weighted by Gasteiger charge is -2.48. The molecular formula is C25H27ClN3O6S2+. The van der Waals surface area contributed by atoms with Crippen molar-refractivity contribution < 1.29 is 24.0 Å². The molecule has 1 unspecified atom stereocenters. The van der Waals surface area contributed by atoms with E-state index in [1.165, 1.54) is 40.9 Å². The Morgan fingerprint density at radius 3 is 2.41 bits per heavy atom. The van der Waals surface area contributed by atoms with Crippen LogP contribution in [-0.2, 0) is 42.3 Å². The van der Waals surface area contributed by atoms with Crippen molar-refractivity contribution >= 4 is 56.0 Å². The summed E-state index contributed by atoms with van der Waals surface area (Å²) in [7, 11) is 5.72. The summed E-state index contributed by atoms with van der Waals surface area (Å²) in [5, 5.41) is 13.3. The molecule has 0 radical (unpaired) electrons. The first kappa shape index (κ1) is 27.3. The zero-order valence-electron chi connectivity index (χ0n) is 20.5. The summed E-state index contributed by atoms with van der Waals surface area (Å²) in [5.41, 5.74) is 1.34. The quantitative estimate of drug-likeness (QED) is 0.163. The van der Waals surface area contributed by atoms with E-state index in [4.69, 9.17) is 15.4 Å². The van der Waals surface area contributed by atoms with E-state index in [2.05, 4.69) is 5.32 Å². The lowest BCUT2D eigenvalue weighted by atomic mass is 9.95. The fourth-order valence-electron chi connectivity index (χ4n) is 4.59. The van der Waals surface area contributed by atoms with Crippen LogP contribution in [0.4, 0.5) is 5.69 Å². The van der Waals surface area contributed by atoms with Gasteiger partial charge in [0.25, 0.3) is 5.69 Å². The Morgan fingerprint density at radius 2 is 1.81 bits per heavy atom. The molecule has 0 aromatic heterocycles. The van der Waals surface area contributed by atoms with E-state index in [1.807, 2.05) is 51.1 Å². The van der Waals surface area contributed by atoms with Gasteiger partial charge in [-0.05, 0) is 44.0 Å². The van der Waals surface area contributed by atoms with Gasteiger partial charge in [0.2, 0.25) is 5.91 Å². The van der Waals surface area contributed by atoms with Crippen molar-refractivity contribution in [2.75, 3.05) is 5.75 Å². The van der Waals surface area contributed by atoms with Crippen LogP contribution in [0.2, 0.25) is 0 Å². The van der Waals surface area contributed by atoms with Crippen molar-refractivity contribution in [1.82, 2.24) is 10.2 Å². The van der Waals surface area contributed by atoms with Gasteiger partial charge in [0.1, 0.15) is 28.5 Å². The third kappa shape index (κ3) is 5.04. The lowest BCUT2D eigenvalue weighted by molar-refractivity contribution is -0.384. The SMILES string of the molecule is CC[S+](Cl)[C@@]1(NC(=O)Cc2ccccc2)C(=O)N2[C@@H](C(=O)OCc3ccc([N+](=O)[O-])cc3)C(C)(C)S[C@@H]21. The smallest absolute Gasteiger partial charge is 0.330 e. The molecule has 2 fully saturated rings. The Kier molecular flexibility index (Phi) is 7.77. The molecule has 2 aliphatic heterocycles. The van der Waals surface area contributed by atoms with E-state index < -0.39 is 47.9 Å². The second-order valence-electron chi connectivity index (χ2n) is 9.29. The van der Waals surface area contributed by atoms with Gasteiger partial charge in [-0.15, -0.1) is 11.8 Å². The molecule has 4 atom stereocenters. The van der Waals surface area contributed by atoms with Gasteiger partial charge >= 0.3 is 16.7 Å². The molecule has 37 heavy (non-hydrogen) atoms. The third-order valence-electron chi connectivity index (χ3n) is 6.39. The van der Waals surface area contributed by atoms with Gasteiger partial charge in [0.15, 0.2) is 16.1 Å². The molecule has 9 nitrogen and oxygen atoms in total. The maximum absolute atomic E-state index is 13.7. The van der Waals surface area contributed by atoms with Crippen molar-refractivity contribution in [3.63, 3.8) is 0 Å². The van der Waals surface area contributed by atoms with Crippen LogP contribution in [0.3, 0.4) is 0 Å². The molecule has 2 heterocycles. The molecule has 196 valence electrons. The normalized spacial score (nSPS) is 24.5. The summed E-state index contributed by atoms with van der Waals surface area (Å²) < 4.78 is 4.83. The molecule has 2 saturated heterocycles. The molecule has 2 aromatic rings. The number of esters is 1. The van der Waals surface area contributed by atoms with Crippen molar-refractivity contribution in [3.8, 4) is 0 Å². The fraction of sp³-hybridized carbons (Fsp3) is 0.400. The zero-order chi connectivity index (χ0) is 27.0. The predicted octanol–water partition coefficient (Wildman–Crippen LogP) is 3.55. The largest absolute Gasteiger partial charge is 0.459 e. The second kappa shape index (κ2) is 10.5. The van der Waals surface area contributed by atoms with E-state index in [0.717, 1.165) is 5.56 Å². The first-order valence-electron chi connectivity index (χ1n) is 11.6. The highest BCUT2D eigenvalue weighted by molar-refractivity contribution is 8.20. The lowest BCUT2D eigenvalue weighted by Crippen LogP contribution is -2.82. The number of hydrogen-bond donors (Lipinski definition) is 1. The number of thioether (sulfide) groups is 1. The number of nitrogens with zero attached hydrogens (tertiary/aromatic N) is 2. The molecular weight excluding hydrogens is 538 g/mol. The van der Waals surface area contributed by atoms with E-state index in [9.17, 15) is 24.5 Å². The van der Waals surface area contributed by atoms with Gasteiger partial charge < -0.3 is 9.64 Å². The number of nitro groups is 1. The van der Waals surface area contributed by atoms with Crippen molar-refractivity contribution in [3.05, 3.63) is 75.8 Å². The summed E-state index contributed by atoms with van der Waals surface area (Å²) in [4.78, 5) is 50.4. The van der Waals surface area contributed by atoms with E-state index in [-0.39, 0.29) is 24.6 Å². The van der Waals surface area contributed by atoms with Gasteiger partial charge in [0.05, 0.1) is 11.3 Å². The van der Waals surface area contributed by atoms with Crippen molar-refractivity contribution in [2.24, 2.45) is 0 Å². The van der Waals surface area contributed by atoms with Crippen LogP contribution in [0, 0.1) is 10.1 Å². The van der Waals surface area contributed by atoms with Crippen LogP contribution < -0.4 is 5.32 Å². The Hall–Kier alpha value is -2.76. The number of nitrogens with one attached hydrogen (secondary N) is 1. The number of fused-ring (bicyclic) bond motifs is 1. The van der Waals surface area contributed by atoms with Gasteiger partial charge in [-0.25, -0.2) is 4.79 Å². The summed E-state index contributed by atoms with van der Waals surface area (Å²) in [6.45, 7) is 5.48. The number of amides is 2. The van der Waals surface area contributed by atoms with Gasteiger partial charge in [-0.1, -0.05) is 30.3 Å². The van der Waals surface area contributed by atoms with Gasteiger partial charge in [0, 0.05) is 16.9 Å². The number of hydrogen-bond acceptors (Lipinski definition) is 7. The molecule has 0 spiro atoms. The third-order valence-corrected chi connectivity index (χ3v) is 11.3. The average molecular weight is 565 g/mol. The minimum Gasteiger partial charge on any atom is -0.459 e. The number of benzene rings is 2. The Balaban J connectivity index is 1.50. The fourth-order valence-corrected chi connectivity index (χ4v) is 8.69. The topological polar surface area (TPSA) is 119 Å². The Bertz CT molecular complexity index is 1210. The number of β-lactam (4-membered cyclic amide) rings is 1. The van der Waals surface area contributed by atoms with Gasteiger partial charge in [-0.3, -0.25) is 25.0 Å². The number of nitro benzene ring substituents is 1. The number of carbonyl (C=O) groups is 3. The van der Waals surface area contributed by atoms with Crippen molar-refractivity contribution in [1.29, 1.82) is 0 Å². The second-order valence-corrected chi connectivity index (χ2v) is 14.0. The molecule has 1 N–H and O–H groups in total. The highest BCUT2D eigenvalue weighted by Gasteiger charge is 2.80. The highest BCUT2D eigenvalue weighted by Crippen LogP contribution is 2.57. The summed E-state index contributed by atoms with van der Waals surface area (Å²) in [5.74, 6) is -0.816. The number of non-ortho nitro benzene ring substituents is 1. The molecule has 2 amide bonds. The van der Waals surface area contributed by atoms with E-state index >= 15 is 0 Å². The molecule has 0 saturated carbocycles. The van der Waals surface area contributed by atoms with Crippen LogP contribution in [0.15, 0.2) is 54.6 Å². The average Bonchev–Trinajstić information content (AvgIpc) is 3.14. The Morgan fingerprint density at radius 1 is 1.16 bits per heavy atom. The highest BCUT2D eigenvalue weighted by atomic mass is 35.7. The van der Waals surface area contributed by atoms with Gasteiger partial charge in [-0.2, -0.15) is 0 Å². The number of rotatable bonds is 9. The predicted molar refractivity (Wildman–Crippen MR) is 144 cm³/mol.